The number of nitrogens with zero attached hydrogens (tertiary/aromatic N) is 3. The van der Waals surface area contributed by atoms with Crippen molar-refractivity contribution in [3.05, 3.63) is 18.0 Å². The number of unbranched alkanes of at least 4 members (excludes halogenated alkanes) is 1. The molecule has 1 fully saturated rings. The zero-order valence-electron chi connectivity index (χ0n) is 15.6. The third-order valence-corrected chi connectivity index (χ3v) is 4.91. The van der Waals surface area contributed by atoms with Crippen molar-refractivity contribution in [3.63, 3.8) is 0 Å². The van der Waals surface area contributed by atoms with Crippen LogP contribution in [0.3, 0.4) is 0 Å². The Morgan fingerprint density at radius 2 is 2.15 bits per heavy atom. The number of carboxylic acids is 1. The quantitative estimate of drug-likeness (QED) is 0.727. The highest BCUT2D eigenvalue weighted by molar-refractivity contribution is 5.88. The van der Waals surface area contributed by atoms with Crippen molar-refractivity contribution < 1.29 is 19.5 Å². The highest BCUT2D eigenvalue weighted by atomic mass is 16.4. The van der Waals surface area contributed by atoms with Gasteiger partial charge in [-0.1, -0.05) is 19.8 Å². The number of aryl methyl sites for hydroxylation is 1. The Balaban J connectivity index is 2.24. The smallest absolute Gasteiger partial charge is 0.326 e. The number of amides is 2. The van der Waals surface area contributed by atoms with Gasteiger partial charge in [0.2, 0.25) is 11.8 Å². The Kier molecular flexibility index (Phi) is 6.76. The van der Waals surface area contributed by atoms with Gasteiger partial charge in [0.25, 0.3) is 0 Å². The molecule has 2 heterocycles. The van der Waals surface area contributed by atoms with E-state index in [2.05, 4.69) is 10.4 Å². The maximum atomic E-state index is 12.9. The van der Waals surface area contributed by atoms with Crippen molar-refractivity contribution >= 4 is 17.8 Å². The van der Waals surface area contributed by atoms with Crippen molar-refractivity contribution in [1.82, 2.24) is 20.0 Å². The summed E-state index contributed by atoms with van der Waals surface area (Å²) >= 11 is 0. The van der Waals surface area contributed by atoms with Crippen LogP contribution in [-0.4, -0.2) is 50.2 Å². The summed E-state index contributed by atoms with van der Waals surface area (Å²) in [6, 6.07) is -1.32. The van der Waals surface area contributed by atoms with Crippen LogP contribution in [0.2, 0.25) is 0 Å². The Morgan fingerprint density at radius 3 is 2.69 bits per heavy atom. The van der Waals surface area contributed by atoms with Gasteiger partial charge in [-0.05, 0) is 19.8 Å². The van der Waals surface area contributed by atoms with Crippen molar-refractivity contribution in [2.24, 2.45) is 13.0 Å². The van der Waals surface area contributed by atoms with Crippen LogP contribution in [0.1, 0.15) is 57.6 Å². The van der Waals surface area contributed by atoms with E-state index in [9.17, 15) is 19.5 Å². The van der Waals surface area contributed by atoms with E-state index < -0.39 is 24.0 Å². The van der Waals surface area contributed by atoms with Gasteiger partial charge in [0.05, 0.1) is 18.2 Å². The second-order valence-corrected chi connectivity index (χ2v) is 6.76. The minimum Gasteiger partial charge on any atom is -0.480 e. The summed E-state index contributed by atoms with van der Waals surface area (Å²) in [5.41, 5.74) is 0.794. The number of piperidine rings is 1. The minimum atomic E-state index is -1.02. The number of nitrogens with one attached hydrogen (secondary N) is 1. The predicted octanol–water partition coefficient (Wildman–Crippen LogP) is 1.48. The van der Waals surface area contributed by atoms with Crippen LogP contribution in [0.5, 0.6) is 0 Å². The van der Waals surface area contributed by atoms with E-state index in [1.807, 2.05) is 13.8 Å². The molecule has 2 unspecified atom stereocenters. The Bertz CT molecular complexity index is 657. The molecule has 2 N–H and O–H groups in total. The molecule has 1 aliphatic heterocycles. The summed E-state index contributed by atoms with van der Waals surface area (Å²) < 4.78 is 1.64. The second kappa shape index (κ2) is 8.82. The van der Waals surface area contributed by atoms with Crippen LogP contribution in [0.15, 0.2) is 12.4 Å². The normalized spacial score (nSPS) is 21.5. The van der Waals surface area contributed by atoms with Crippen LogP contribution < -0.4 is 5.32 Å². The molecule has 1 aromatic heterocycles. The van der Waals surface area contributed by atoms with Gasteiger partial charge in [-0.15, -0.1) is 0 Å². The average Bonchev–Trinajstić information content (AvgIpc) is 3.03. The van der Waals surface area contributed by atoms with Gasteiger partial charge in [-0.3, -0.25) is 14.3 Å². The zero-order valence-corrected chi connectivity index (χ0v) is 15.6. The fourth-order valence-corrected chi connectivity index (χ4v) is 3.55. The number of aliphatic carboxylic acids is 1. The lowest BCUT2D eigenvalue weighted by Gasteiger charge is -2.40. The summed E-state index contributed by atoms with van der Waals surface area (Å²) in [5.74, 6) is -1.82. The summed E-state index contributed by atoms with van der Waals surface area (Å²) in [7, 11) is 1.78. The zero-order chi connectivity index (χ0) is 19.3. The summed E-state index contributed by atoms with van der Waals surface area (Å²) in [6.45, 7) is 4.34. The lowest BCUT2D eigenvalue weighted by Crippen LogP contribution is -2.51. The number of rotatable bonds is 8. The average molecular weight is 364 g/mol. The van der Waals surface area contributed by atoms with E-state index in [1.165, 1.54) is 0 Å². The lowest BCUT2D eigenvalue weighted by molar-refractivity contribution is -0.147. The summed E-state index contributed by atoms with van der Waals surface area (Å²) in [5, 5.41) is 16.2. The molecule has 1 saturated heterocycles. The number of hydrogen-bond acceptors (Lipinski definition) is 4. The topological polar surface area (TPSA) is 105 Å². The fourth-order valence-electron chi connectivity index (χ4n) is 3.55. The molecule has 0 spiro atoms. The third-order valence-electron chi connectivity index (χ3n) is 4.91. The van der Waals surface area contributed by atoms with Gasteiger partial charge in [-0.25, -0.2) is 4.79 Å². The molecule has 26 heavy (non-hydrogen) atoms. The molecule has 144 valence electrons. The number of carboxylic acid groups (broad SMARTS) is 1. The van der Waals surface area contributed by atoms with E-state index in [4.69, 9.17) is 0 Å². The van der Waals surface area contributed by atoms with E-state index in [-0.39, 0.29) is 18.2 Å². The van der Waals surface area contributed by atoms with E-state index in [1.54, 1.807) is 29.0 Å². The number of carbonyl (C=O) groups excluding carboxylic acids is 2. The highest BCUT2D eigenvalue weighted by Crippen LogP contribution is 2.36. The molecule has 0 bridgehead atoms. The summed E-state index contributed by atoms with van der Waals surface area (Å²) in [6.07, 6.45) is 6.15. The number of aromatic nitrogens is 2. The van der Waals surface area contributed by atoms with Gasteiger partial charge in [0, 0.05) is 31.8 Å². The standard InChI is InChI=1S/C18H28N4O4/c1-4-6-7-14(18(25)26)20-17(24)13-8-9-15(23)22(5-2)16(13)12-10-19-21(3)11-12/h10-11,13-14,16H,4-9H2,1-3H3,(H,20,24)(H,25,26)/t13?,14-,16?/m0/s1. The molecule has 0 aromatic carbocycles. The first-order chi connectivity index (χ1) is 12.4. The summed E-state index contributed by atoms with van der Waals surface area (Å²) in [4.78, 5) is 38.4. The molecule has 0 aliphatic carbocycles. The second-order valence-electron chi connectivity index (χ2n) is 6.76. The monoisotopic (exact) mass is 364 g/mol. The largest absolute Gasteiger partial charge is 0.480 e. The predicted molar refractivity (Wildman–Crippen MR) is 95.2 cm³/mol. The van der Waals surface area contributed by atoms with E-state index in [0.29, 0.717) is 19.4 Å². The molecule has 0 saturated carbocycles. The number of hydrogen-bond donors (Lipinski definition) is 2. The molecule has 8 heteroatoms. The maximum absolute atomic E-state index is 12.9. The molecular weight excluding hydrogens is 336 g/mol. The molecule has 8 nitrogen and oxygen atoms in total. The van der Waals surface area contributed by atoms with Gasteiger partial charge >= 0.3 is 5.97 Å². The van der Waals surface area contributed by atoms with Crippen molar-refractivity contribution in [2.75, 3.05) is 6.54 Å². The molecule has 3 atom stereocenters. The molecule has 1 aromatic rings. The van der Waals surface area contributed by atoms with Crippen molar-refractivity contribution in [2.45, 2.75) is 58.0 Å². The van der Waals surface area contributed by atoms with Gasteiger partial charge in [0.1, 0.15) is 6.04 Å². The van der Waals surface area contributed by atoms with Crippen LogP contribution >= 0.6 is 0 Å². The minimum absolute atomic E-state index is 0.00571. The number of carbonyl (C=O) groups is 3. The van der Waals surface area contributed by atoms with Crippen LogP contribution in [-0.2, 0) is 21.4 Å². The molecular formula is C18H28N4O4. The Hall–Kier alpha value is -2.38. The van der Waals surface area contributed by atoms with E-state index in [0.717, 1.165) is 18.4 Å². The van der Waals surface area contributed by atoms with Crippen LogP contribution in [0.25, 0.3) is 0 Å². The maximum Gasteiger partial charge on any atom is 0.326 e. The Morgan fingerprint density at radius 1 is 1.42 bits per heavy atom. The molecule has 1 aliphatic rings. The fraction of sp³-hybridized carbons (Fsp3) is 0.667. The highest BCUT2D eigenvalue weighted by Gasteiger charge is 2.41. The van der Waals surface area contributed by atoms with Crippen molar-refractivity contribution in [1.29, 1.82) is 0 Å². The molecule has 2 rings (SSSR count). The van der Waals surface area contributed by atoms with E-state index >= 15 is 0 Å². The van der Waals surface area contributed by atoms with Gasteiger partial charge in [-0.2, -0.15) is 5.10 Å². The SMILES string of the molecule is CCCC[C@H](NC(=O)C1CCC(=O)N(CC)C1c1cnn(C)c1)C(=O)O. The first-order valence-corrected chi connectivity index (χ1v) is 9.20. The third kappa shape index (κ3) is 4.42. The van der Waals surface area contributed by atoms with Crippen LogP contribution in [0, 0.1) is 5.92 Å². The van der Waals surface area contributed by atoms with Crippen molar-refractivity contribution in [3.8, 4) is 0 Å². The lowest BCUT2D eigenvalue weighted by atomic mass is 9.84. The molecule has 2 amide bonds. The van der Waals surface area contributed by atoms with Crippen LogP contribution in [0.4, 0.5) is 0 Å². The first-order valence-electron chi connectivity index (χ1n) is 9.20. The first kappa shape index (κ1) is 19.9. The molecule has 0 radical (unpaired) electrons. The van der Waals surface area contributed by atoms with Gasteiger partial charge < -0.3 is 15.3 Å². The Labute approximate surface area is 153 Å². The number of likely N-dealkylation sites (tertiary alicyclic amines) is 1. The van der Waals surface area contributed by atoms with Gasteiger partial charge in [0.15, 0.2) is 0 Å².